The van der Waals surface area contributed by atoms with Gasteiger partial charge in [-0.3, -0.25) is 4.79 Å². The van der Waals surface area contributed by atoms with Gasteiger partial charge in [0.2, 0.25) is 0 Å². The van der Waals surface area contributed by atoms with Crippen molar-refractivity contribution in [3.05, 3.63) is 82.2 Å². The number of hydrogen-bond donors (Lipinski definition) is 1. The lowest BCUT2D eigenvalue weighted by atomic mass is 10.1. The minimum atomic E-state index is -0.0466. The fourth-order valence-electron chi connectivity index (χ4n) is 3.75. The van der Waals surface area contributed by atoms with Crippen molar-refractivity contribution in [3.8, 4) is 11.5 Å². The summed E-state index contributed by atoms with van der Waals surface area (Å²) in [6, 6.07) is 16.2. The smallest absolute Gasteiger partial charge is 0.268 e. The molecule has 0 aliphatic rings. The van der Waals surface area contributed by atoms with Crippen LogP contribution in [0.1, 0.15) is 38.4 Å². The van der Waals surface area contributed by atoms with Crippen LogP contribution in [0.5, 0.6) is 11.5 Å². The molecule has 158 valence electrons. The van der Waals surface area contributed by atoms with Crippen molar-refractivity contribution in [3.63, 3.8) is 0 Å². The maximum atomic E-state index is 13.0. The van der Waals surface area contributed by atoms with Crippen molar-refractivity contribution in [1.82, 2.24) is 9.88 Å². The number of benzene rings is 2. The van der Waals surface area contributed by atoms with E-state index < -0.39 is 0 Å². The molecule has 0 atom stereocenters. The molecule has 5 nitrogen and oxygen atoms in total. The van der Waals surface area contributed by atoms with E-state index in [1.165, 1.54) is 11.1 Å². The molecule has 30 heavy (non-hydrogen) atoms. The first-order valence-corrected chi connectivity index (χ1v) is 10.1. The zero-order valence-electron chi connectivity index (χ0n) is 18.4. The number of ether oxygens (including phenoxy) is 2. The Balaban J connectivity index is 1.71. The van der Waals surface area contributed by atoms with Gasteiger partial charge in [-0.2, -0.15) is 0 Å². The molecule has 0 bridgehead atoms. The number of nitrogens with one attached hydrogen (secondary N) is 1. The molecule has 5 heteroatoms. The normalized spacial score (nSPS) is 10.7. The summed E-state index contributed by atoms with van der Waals surface area (Å²) in [6.45, 7) is 7.37. The van der Waals surface area contributed by atoms with Crippen molar-refractivity contribution in [1.29, 1.82) is 0 Å². The van der Waals surface area contributed by atoms with E-state index in [9.17, 15) is 4.79 Å². The van der Waals surface area contributed by atoms with Crippen molar-refractivity contribution in [2.75, 3.05) is 20.8 Å². The number of nitrogens with zero attached hydrogens (tertiary/aromatic N) is 1. The van der Waals surface area contributed by atoms with Crippen LogP contribution in [0.15, 0.2) is 48.5 Å². The van der Waals surface area contributed by atoms with Gasteiger partial charge in [0.05, 0.1) is 14.2 Å². The Labute approximate surface area is 178 Å². The molecule has 0 aliphatic heterocycles. The lowest BCUT2D eigenvalue weighted by Gasteiger charge is -2.15. The van der Waals surface area contributed by atoms with Crippen molar-refractivity contribution in [2.24, 2.45) is 0 Å². The average molecular weight is 407 g/mol. The third-order valence-corrected chi connectivity index (χ3v) is 5.45. The highest BCUT2D eigenvalue weighted by atomic mass is 16.5. The van der Waals surface area contributed by atoms with Gasteiger partial charge in [0, 0.05) is 18.8 Å². The lowest BCUT2D eigenvalue weighted by Crippen LogP contribution is -2.29. The van der Waals surface area contributed by atoms with Crippen LogP contribution in [0.25, 0.3) is 0 Å². The number of amides is 1. The number of carbonyl (C=O) groups is 1. The van der Waals surface area contributed by atoms with Crippen LogP contribution in [0, 0.1) is 20.8 Å². The number of rotatable bonds is 8. The molecule has 0 saturated heterocycles. The monoisotopic (exact) mass is 406 g/mol. The summed E-state index contributed by atoms with van der Waals surface area (Å²) >= 11 is 0. The van der Waals surface area contributed by atoms with Gasteiger partial charge >= 0.3 is 0 Å². The molecular formula is C25H30N2O3. The summed E-state index contributed by atoms with van der Waals surface area (Å²) in [4.78, 5) is 13.0. The number of aromatic nitrogens is 1. The molecule has 3 aromatic rings. The van der Waals surface area contributed by atoms with Gasteiger partial charge in [0.25, 0.3) is 5.91 Å². The van der Waals surface area contributed by atoms with Gasteiger partial charge in [-0.15, -0.1) is 0 Å². The van der Waals surface area contributed by atoms with Gasteiger partial charge in [-0.05, 0) is 67.6 Å². The standard InChI is InChI=1S/C25H30N2O3/c1-17-8-6-7-9-21(17)16-27-19(3)14-18(2)24(27)25(28)26-13-12-20-10-11-22(29-4)23(15-20)30-5/h6-11,14-15H,12-13,16H2,1-5H3,(H,26,28). The number of methoxy groups -OCH3 is 2. The molecule has 0 unspecified atom stereocenters. The molecule has 0 spiro atoms. The summed E-state index contributed by atoms with van der Waals surface area (Å²) in [5.74, 6) is 1.35. The zero-order valence-corrected chi connectivity index (χ0v) is 18.4. The quantitative estimate of drug-likeness (QED) is 0.601. The molecule has 0 saturated carbocycles. The molecule has 0 radical (unpaired) electrons. The Morgan fingerprint density at radius 3 is 2.37 bits per heavy atom. The SMILES string of the molecule is COc1ccc(CCNC(=O)c2c(C)cc(C)n2Cc2ccccc2C)cc1OC. The van der Waals surface area contributed by atoms with Crippen LogP contribution in [0.4, 0.5) is 0 Å². The second kappa shape index (κ2) is 9.53. The van der Waals surface area contributed by atoms with Gasteiger partial charge in [0.1, 0.15) is 5.69 Å². The molecule has 1 N–H and O–H groups in total. The van der Waals surface area contributed by atoms with E-state index >= 15 is 0 Å². The zero-order chi connectivity index (χ0) is 21.7. The Hall–Kier alpha value is -3.21. The first-order chi connectivity index (χ1) is 14.4. The van der Waals surface area contributed by atoms with Crippen LogP contribution < -0.4 is 14.8 Å². The van der Waals surface area contributed by atoms with Crippen LogP contribution >= 0.6 is 0 Å². The van der Waals surface area contributed by atoms with Gasteiger partial charge in [-0.25, -0.2) is 0 Å². The molecule has 0 fully saturated rings. The van der Waals surface area contributed by atoms with E-state index in [0.29, 0.717) is 31.0 Å². The third kappa shape index (κ3) is 4.67. The van der Waals surface area contributed by atoms with Gasteiger partial charge in [-0.1, -0.05) is 30.3 Å². The number of carbonyl (C=O) groups excluding carboxylic acids is 1. The predicted molar refractivity (Wildman–Crippen MR) is 120 cm³/mol. The lowest BCUT2D eigenvalue weighted by molar-refractivity contribution is 0.0944. The Bertz CT molecular complexity index is 1040. The summed E-state index contributed by atoms with van der Waals surface area (Å²) in [7, 11) is 3.24. The Morgan fingerprint density at radius 2 is 1.67 bits per heavy atom. The predicted octanol–water partition coefficient (Wildman–Crippen LogP) is 4.45. The molecule has 1 heterocycles. The largest absolute Gasteiger partial charge is 0.493 e. The highest BCUT2D eigenvalue weighted by molar-refractivity contribution is 5.94. The maximum absolute atomic E-state index is 13.0. The molecule has 3 rings (SSSR count). The van der Waals surface area contributed by atoms with Crippen molar-refractivity contribution < 1.29 is 14.3 Å². The minimum Gasteiger partial charge on any atom is -0.493 e. The molecule has 1 amide bonds. The van der Waals surface area contributed by atoms with Crippen molar-refractivity contribution in [2.45, 2.75) is 33.7 Å². The van der Waals surface area contributed by atoms with Crippen LogP contribution in [0.3, 0.4) is 0 Å². The van der Waals surface area contributed by atoms with Crippen LogP contribution in [-0.2, 0) is 13.0 Å². The fraction of sp³-hybridized carbons (Fsp3) is 0.320. The van der Waals surface area contributed by atoms with Crippen molar-refractivity contribution >= 4 is 5.91 Å². The van der Waals surface area contributed by atoms with E-state index in [0.717, 1.165) is 22.5 Å². The third-order valence-electron chi connectivity index (χ3n) is 5.45. The van der Waals surface area contributed by atoms with E-state index in [1.807, 2.05) is 44.2 Å². The summed E-state index contributed by atoms with van der Waals surface area (Å²) in [5.41, 5.74) is 6.32. The first kappa shape index (κ1) is 21.5. The topological polar surface area (TPSA) is 52.5 Å². The average Bonchev–Trinajstić information content (AvgIpc) is 3.02. The van der Waals surface area contributed by atoms with Gasteiger partial charge < -0.3 is 19.4 Å². The van der Waals surface area contributed by atoms with E-state index in [2.05, 4.69) is 35.0 Å². The van der Waals surface area contributed by atoms with Gasteiger partial charge in [0.15, 0.2) is 11.5 Å². The fourth-order valence-corrected chi connectivity index (χ4v) is 3.75. The van der Waals surface area contributed by atoms with E-state index in [1.54, 1.807) is 14.2 Å². The van der Waals surface area contributed by atoms with E-state index in [-0.39, 0.29) is 5.91 Å². The summed E-state index contributed by atoms with van der Waals surface area (Å²) in [5, 5.41) is 3.08. The second-order valence-corrected chi connectivity index (χ2v) is 7.53. The Kier molecular flexibility index (Phi) is 6.83. The maximum Gasteiger partial charge on any atom is 0.268 e. The van der Waals surface area contributed by atoms with Crippen LogP contribution in [0.2, 0.25) is 0 Å². The molecule has 1 aromatic heterocycles. The summed E-state index contributed by atoms with van der Waals surface area (Å²) in [6.07, 6.45) is 0.711. The Morgan fingerprint density at radius 1 is 0.933 bits per heavy atom. The first-order valence-electron chi connectivity index (χ1n) is 10.1. The molecule has 2 aromatic carbocycles. The highest BCUT2D eigenvalue weighted by Gasteiger charge is 2.18. The number of hydrogen-bond acceptors (Lipinski definition) is 3. The van der Waals surface area contributed by atoms with Crippen LogP contribution in [-0.4, -0.2) is 31.2 Å². The molecule has 0 aliphatic carbocycles. The minimum absolute atomic E-state index is 0.0466. The second-order valence-electron chi connectivity index (χ2n) is 7.53. The number of aryl methyl sites for hydroxylation is 3. The van der Waals surface area contributed by atoms with E-state index in [4.69, 9.17) is 9.47 Å². The molecular weight excluding hydrogens is 376 g/mol. The highest BCUT2D eigenvalue weighted by Crippen LogP contribution is 2.27. The summed E-state index contributed by atoms with van der Waals surface area (Å²) < 4.78 is 12.7.